The summed E-state index contributed by atoms with van der Waals surface area (Å²) in [6.07, 6.45) is -0.561. The van der Waals surface area contributed by atoms with Crippen molar-refractivity contribution in [1.29, 1.82) is 0 Å². The first-order chi connectivity index (χ1) is 13.5. The van der Waals surface area contributed by atoms with E-state index >= 15 is 0 Å². The van der Waals surface area contributed by atoms with Gasteiger partial charge in [0.15, 0.2) is 0 Å². The van der Waals surface area contributed by atoms with Gasteiger partial charge in [0.25, 0.3) is 0 Å². The van der Waals surface area contributed by atoms with Crippen molar-refractivity contribution in [3.8, 4) is 5.75 Å². The first-order valence-corrected chi connectivity index (χ1v) is 8.73. The normalized spacial score (nSPS) is 19.5. The third kappa shape index (κ3) is 3.09. The fraction of sp³-hybridized carbons (Fsp3) is 0.316. The first-order valence-electron chi connectivity index (χ1n) is 8.73. The van der Waals surface area contributed by atoms with Crippen molar-refractivity contribution < 1.29 is 29.3 Å². The summed E-state index contributed by atoms with van der Waals surface area (Å²) in [6.45, 7) is -0.314. The van der Waals surface area contributed by atoms with Crippen LogP contribution < -0.4 is 10.1 Å². The summed E-state index contributed by atoms with van der Waals surface area (Å²) in [5.41, 5.74) is 0.954. The number of hydrogen-bond acceptors (Lipinski definition) is 8. The lowest BCUT2D eigenvalue weighted by atomic mass is 10.0. The second-order valence-electron chi connectivity index (χ2n) is 6.54. The number of nitrogens with one attached hydrogen (secondary N) is 1. The van der Waals surface area contributed by atoms with Crippen LogP contribution in [-0.4, -0.2) is 57.3 Å². The van der Waals surface area contributed by atoms with E-state index in [1.165, 1.54) is 13.2 Å². The Balaban J connectivity index is 1.66. The lowest BCUT2D eigenvalue weighted by molar-refractivity contribution is -0.0873. The molecule has 9 nitrogen and oxygen atoms in total. The molecule has 28 heavy (non-hydrogen) atoms. The van der Waals surface area contributed by atoms with Crippen molar-refractivity contribution in [3.63, 3.8) is 0 Å². The number of rotatable bonds is 5. The fourth-order valence-corrected chi connectivity index (χ4v) is 3.31. The van der Waals surface area contributed by atoms with Crippen LogP contribution in [-0.2, 0) is 17.9 Å². The summed E-state index contributed by atoms with van der Waals surface area (Å²) in [5, 5.41) is 22.0. The topological polar surface area (TPSA) is 123 Å². The monoisotopic (exact) mass is 385 g/mol. The molecule has 2 aromatic rings. The number of aliphatic hydroxyl groups excluding tert-OH is 2. The van der Waals surface area contributed by atoms with Crippen molar-refractivity contribution in [2.75, 3.05) is 19.0 Å². The third-order valence-corrected chi connectivity index (χ3v) is 4.77. The smallest absolute Gasteiger partial charge is 0.228 e. The number of anilines is 1. The van der Waals surface area contributed by atoms with Crippen LogP contribution in [0, 0.1) is 0 Å². The number of carbonyl (C=O) groups is 2. The lowest BCUT2D eigenvalue weighted by Gasteiger charge is -2.28. The van der Waals surface area contributed by atoms with Gasteiger partial charge < -0.3 is 29.6 Å². The molecule has 146 valence electrons. The first kappa shape index (κ1) is 18.4. The highest BCUT2D eigenvalue weighted by Gasteiger charge is 2.36. The summed E-state index contributed by atoms with van der Waals surface area (Å²) in [7, 11) is 1.54. The van der Waals surface area contributed by atoms with Crippen LogP contribution in [0.4, 0.5) is 5.69 Å². The summed E-state index contributed by atoms with van der Waals surface area (Å²) in [4.78, 5) is 29.9. The second kappa shape index (κ2) is 7.19. The van der Waals surface area contributed by atoms with Crippen LogP contribution >= 0.6 is 0 Å². The third-order valence-electron chi connectivity index (χ3n) is 4.77. The van der Waals surface area contributed by atoms with Gasteiger partial charge in [-0.1, -0.05) is 6.07 Å². The number of imidazole rings is 1. The molecule has 1 aromatic heterocycles. The molecular formula is C19H19N3O6. The van der Waals surface area contributed by atoms with Crippen molar-refractivity contribution in [3.05, 3.63) is 53.3 Å². The van der Waals surface area contributed by atoms with Crippen LogP contribution in [0.2, 0.25) is 0 Å². The number of methoxy groups -OCH3 is 1. The van der Waals surface area contributed by atoms with Gasteiger partial charge in [0, 0.05) is 17.8 Å². The molecule has 9 heteroatoms. The SMILES string of the molecule is COc1cccc(NC2=CC(=O)c3nc4n(c3C2=O)C[C@@H]([C@H](O)CO)OC4)c1. The Hall–Kier alpha value is -3.01. The molecule has 1 aliphatic heterocycles. The van der Waals surface area contributed by atoms with Gasteiger partial charge in [-0.2, -0.15) is 0 Å². The maximum Gasteiger partial charge on any atom is 0.228 e. The average Bonchev–Trinajstić information content (AvgIpc) is 3.11. The summed E-state index contributed by atoms with van der Waals surface area (Å²) < 4.78 is 12.2. The Bertz CT molecular complexity index is 980. The Morgan fingerprint density at radius 3 is 3.00 bits per heavy atom. The standard InChI is InChI=1S/C19H19N3O6/c1-27-11-4-2-3-10(5-11)20-12-6-13(24)17-18(19(12)26)22-7-15(14(25)8-23)28-9-16(22)21-17/h2-6,14-15,20,23,25H,7-9H2,1H3/t14-,15+/m1/s1. The molecule has 2 atom stereocenters. The van der Waals surface area contributed by atoms with Crippen LogP contribution in [0.15, 0.2) is 36.0 Å². The van der Waals surface area contributed by atoms with Gasteiger partial charge in [-0.25, -0.2) is 4.98 Å². The zero-order valence-electron chi connectivity index (χ0n) is 15.1. The number of aliphatic hydroxyl groups is 2. The van der Waals surface area contributed by atoms with Crippen molar-refractivity contribution >= 4 is 17.3 Å². The summed E-state index contributed by atoms with van der Waals surface area (Å²) in [6, 6.07) is 7.00. The highest BCUT2D eigenvalue weighted by atomic mass is 16.5. The van der Waals surface area contributed by atoms with Crippen LogP contribution in [0.5, 0.6) is 5.75 Å². The number of carbonyl (C=O) groups excluding carboxylic acids is 2. The molecule has 0 saturated carbocycles. The number of Topliss-reactive ketones (excluding diaryl/α,β-unsaturated/α-hetero) is 1. The summed E-state index contributed by atoms with van der Waals surface area (Å²) >= 11 is 0. The highest BCUT2D eigenvalue weighted by Crippen LogP contribution is 2.28. The van der Waals surface area contributed by atoms with Gasteiger partial charge in [0.1, 0.15) is 41.8 Å². The van der Waals surface area contributed by atoms with Gasteiger partial charge >= 0.3 is 0 Å². The Morgan fingerprint density at radius 2 is 2.25 bits per heavy atom. The Morgan fingerprint density at radius 1 is 1.43 bits per heavy atom. The molecule has 1 aliphatic carbocycles. The van der Waals surface area contributed by atoms with Crippen LogP contribution in [0.3, 0.4) is 0 Å². The maximum atomic E-state index is 13.1. The van der Waals surface area contributed by atoms with Gasteiger partial charge in [-0.3, -0.25) is 9.59 Å². The van der Waals surface area contributed by atoms with E-state index in [2.05, 4.69) is 10.3 Å². The fourth-order valence-electron chi connectivity index (χ4n) is 3.31. The number of ketones is 2. The van der Waals surface area contributed by atoms with Gasteiger partial charge in [0.05, 0.1) is 26.0 Å². The van der Waals surface area contributed by atoms with E-state index in [1.807, 2.05) is 0 Å². The number of allylic oxidation sites excluding steroid dienone is 2. The number of benzene rings is 1. The van der Waals surface area contributed by atoms with E-state index in [4.69, 9.17) is 14.6 Å². The molecule has 0 radical (unpaired) electrons. The minimum atomic E-state index is -1.09. The van der Waals surface area contributed by atoms with E-state index in [0.29, 0.717) is 17.3 Å². The molecule has 0 unspecified atom stereocenters. The van der Waals surface area contributed by atoms with E-state index in [9.17, 15) is 14.7 Å². The van der Waals surface area contributed by atoms with Gasteiger partial charge in [-0.15, -0.1) is 0 Å². The number of ether oxygens (including phenoxy) is 2. The molecule has 0 saturated heterocycles. The zero-order chi connectivity index (χ0) is 19.8. The quantitative estimate of drug-likeness (QED) is 0.681. The van der Waals surface area contributed by atoms with Crippen LogP contribution in [0.25, 0.3) is 0 Å². The van der Waals surface area contributed by atoms with E-state index < -0.39 is 18.8 Å². The largest absolute Gasteiger partial charge is 0.497 e. The van der Waals surface area contributed by atoms with E-state index in [0.717, 1.165) is 0 Å². The summed E-state index contributed by atoms with van der Waals surface area (Å²) in [5.74, 6) is 0.279. The van der Waals surface area contributed by atoms with Crippen LogP contribution in [0.1, 0.15) is 26.8 Å². The lowest BCUT2D eigenvalue weighted by Crippen LogP contribution is -2.40. The number of aromatic nitrogens is 2. The molecular weight excluding hydrogens is 366 g/mol. The molecule has 0 bridgehead atoms. The molecule has 0 amide bonds. The molecule has 0 spiro atoms. The number of hydrogen-bond donors (Lipinski definition) is 3. The molecule has 4 rings (SSSR count). The molecule has 0 fully saturated rings. The van der Waals surface area contributed by atoms with Crippen molar-refractivity contribution in [2.45, 2.75) is 25.4 Å². The van der Waals surface area contributed by atoms with Crippen molar-refractivity contribution in [1.82, 2.24) is 9.55 Å². The predicted octanol–water partition coefficient (Wildman–Crippen LogP) is 0.519. The molecule has 2 aliphatic rings. The average molecular weight is 385 g/mol. The molecule has 1 aromatic carbocycles. The van der Waals surface area contributed by atoms with Gasteiger partial charge in [-0.05, 0) is 12.1 Å². The zero-order valence-corrected chi connectivity index (χ0v) is 15.1. The second-order valence-corrected chi connectivity index (χ2v) is 6.54. The highest BCUT2D eigenvalue weighted by molar-refractivity contribution is 6.24. The van der Waals surface area contributed by atoms with E-state index in [-0.39, 0.29) is 41.8 Å². The molecule has 2 heterocycles. The van der Waals surface area contributed by atoms with E-state index in [1.54, 1.807) is 28.8 Å². The van der Waals surface area contributed by atoms with Gasteiger partial charge in [0.2, 0.25) is 11.6 Å². The molecule has 3 N–H and O–H groups in total. The van der Waals surface area contributed by atoms with Crippen molar-refractivity contribution in [2.24, 2.45) is 0 Å². The Kier molecular flexibility index (Phi) is 4.71. The number of fused-ring (bicyclic) bond motifs is 3. The predicted molar refractivity (Wildman–Crippen MR) is 97.3 cm³/mol. The Labute approximate surface area is 160 Å². The minimum Gasteiger partial charge on any atom is -0.497 e. The maximum absolute atomic E-state index is 13.1. The minimum absolute atomic E-state index is 0.0356. The number of nitrogens with zero attached hydrogens (tertiary/aromatic N) is 2.